The van der Waals surface area contributed by atoms with E-state index in [0.29, 0.717) is 22.8 Å². The van der Waals surface area contributed by atoms with E-state index >= 15 is 0 Å². The molecule has 7 heteroatoms. The Morgan fingerprint density at radius 1 is 1.09 bits per heavy atom. The summed E-state index contributed by atoms with van der Waals surface area (Å²) in [4.78, 5) is 23.8. The summed E-state index contributed by atoms with van der Waals surface area (Å²) >= 11 is 1.28. The normalized spacial score (nSPS) is 10.3. The van der Waals surface area contributed by atoms with E-state index in [9.17, 15) is 9.59 Å². The van der Waals surface area contributed by atoms with Gasteiger partial charge in [-0.05, 0) is 37.1 Å². The number of carbonyl (C=O) groups is 2. The Hall–Kier alpha value is -2.28. The highest BCUT2D eigenvalue weighted by Gasteiger charge is 2.12. The Labute approximate surface area is 133 Å². The van der Waals surface area contributed by atoms with Crippen LogP contribution in [0, 0.1) is 0 Å². The standard InChI is InChI=1S/C15H18N4O2S/c1-3-9-16-13(20)10-5-7-11(8-6-10)17-14(21)15-19-18-12(4-2)22-15/h5-8H,3-4,9H2,1-2H3,(H,16,20)(H,17,21). The van der Waals surface area contributed by atoms with Crippen LogP contribution < -0.4 is 10.6 Å². The molecule has 1 aromatic heterocycles. The van der Waals surface area contributed by atoms with Gasteiger partial charge in [0, 0.05) is 17.8 Å². The van der Waals surface area contributed by atoms with Crippen LogP contribution in [-0.2, 0) is 6.42 Å². The molecule has 22 heavy (non-hydrogen) atoms. The molecule has 1 aromatic carbocycles. The molecule has 1 heterocycles. The molecule has 0 fully saturated rings. The molecule has 6 nitrogen and oxygen atoms in total. The number of nitrogens with zero attached hydrogens (tertiary/aromatic N) is 2. The maximum absolute atomic E-state index is 12.0. The smallest absolute Gasteiger partial charge is 0.286 e. The van der Waals surface area contributed by atoms with Gasteiger partial charge in [0.05, 0.1) is 0 Å². The average molecular weight is 318 g/mol. The zero-order valence-electron chi connectivity index (χ0n) is 12.5. The number of aryl methyl sites for hydroxylation is 1. The molecule has 0 spiro atoms. The number of benzene rings is 1. The number of rotatable bonds is 6. The molecule has 0 saturated carbocycles. The SMILES string of the molecule is CCCNC(=O)c1ccc(NC(=O)c2nnc(CC)s2)cc1. The summed E-state index contributed by atoms with van der Waals surface area (Å²) in [7, 11) is 0. The Kier molecular flexibility index (Phi) is 5.60. The minimum atomic E-state index is -0.291. The van der Waals surface area contributed by atoms with Crippen LogP contribution in [0.3, 0.4) is 0 Å². The lowest BCUT2D eigenvalue weighted by Gasteiger charge is -2.05. The number of hydrogen-bond acceptors (Lipinski definition) is 5. The van der Waals surface area contributed by atoms with Crippen LogP contribution >= 0.6 is 11.3 Å². The van der Waals surface area contributed by atoms with Gasteiger partial charge < -0.3 is 10.6 Å². The molecule has 0 saturated heterocycles. The van der Waals surface area contributed by atoms with Crippen molar-refractivity contribution in [2.24, 2.45) is 0 Å². The lowest BCUT2D eigenvalue weighted by Crippen LogP contribution is -2.23. The van der Waals surface area contributed by atoms with E-state index < -0.39 is 0 Å². The number of carbonyl (C=O) groups excluding carboxylic acids is 2. The number of anilines is 1. The number of aromatic nitrogens is 2. The van der Waals surface area contributed by atoms with Gasteiger partial charge in [-0.1, -0.05) is 25.2 Å². The van der Waals surface area contributed by atoms with E-state index in [2.05, 4.69) is 20.8 Å². The van der Waals surface area contributed by atoms with Gasteiger partial charge in [0.2, 0.25) is 5.01 Å². The van der Waals surface area contributed by atoms with Crippen LogP contribution in [0.5, 0.6) is 0 Å². The largest absolute Gasteiger partial charge is 0.352 e. The van der Waals surface area contributed by atoms with E-state index in [0.717, 1.165) is 17.8 Å². The van der Waals surface area contributed by atoms with Crippen molar-refractivity contribution < 1.29 is 9.59 Å². The fourth-order valence-electron chi connectivity index (χ4n) is 1.72. The Balaban J connectivity index is 1.98. The van der Waals surface area contributed by atoms with E-state index in [1.807, 2.05) is 13.8 Å². The second-order valence-corrected chi connectivity index (χ2v) is 5.70. The van der Waals surface area contributed by atoms with Gasteiger partial charge in [-0.25, -0.2) is 0 Å². The molecule has 0 aliphatic rings. The van der Waals surface area contributed by atoms with Crippen molar-refractivity contribution in [3.63, 3.8) is 0 Å². The summed E-state index contributed by atoms with van der Waals surface area (Å²) in [5.41, 5.74) is 1.18. The number of hydrogen-bond donors (Lipinski definition) is 2. The highest BCUT2D eigenvalue weighted by molar-refractivity contribution is 7.13. The molecule has 0 unspecified atom stereocenters. The number of amides is 2. The van der Waals surface area contributed by atoms with E-state index in [1.165, 1.54) is 11.3 Å². The minimum absolute atomic E-state index is 0.114. The fraction of sp³-hybridized carbons (Fsp3) is 0.333. The van der Waals surface area contributed by atoms with Gasteiger partial charge in [0.25, 0.3) is 11.8 Å². The lowest BCUT2D eigenvalue weighted by molar-refractivity contribution is 0.0953. The first-order chi connectivity index (χ1) is 10.6. The predicted octanol–water partition coefficient (Wildman–Crippen LogP) is 2.49. The van der Waals surface area contributed by atoms with Crippen LogP contribution in [-0.4, -0.2) is 28.6 Å². The first kappa shape index (κ1) is 16.1. The maximum Gasteiger partial charge on any atom is 0.286 e. The second kappa shape index (κ2) is 7.65. The summed E-state index contributed by atoms with van der Waals surface area (Å²) in [5.74, 6) is -0.406. The molecule has 2 N–H and O–H groups in total. The van der Waals surface area contributed by atoms with Crippen molar-refractivity contribution in [3.05, 3.63) is 39.8 Å². The monoisotopic (exact) mass is 318 g/mol. The zero-order valence-corrected chi connectivity index (χ0v) is 13.4. The molecule has 116 valence electrons. The van der Waals surface area contributed by atoms with Gasteiger partial charge in [0.1, 0.15) is 5.01 Å². The summed E-state index contributed by atoms with van der Waals surface area (Å²) < 4.78 is 0. The van der Waals surface area contributed by atoms with Crippen LogP contribution in [0.15, 0.2) is 24.3 Å². The average Bonchev–Trinajstić information content (AvgIpc) is 3.02. The zero-order chi connectivity index (χ0) is 15.9. The third-order valence-electron chi connectivity index (χ3n) is 2.90. The van der Waals surface area contributed by atoms with Gasteiger partial charge in [-0.2, -0.15) is 0 Å². The highest BCUT2D eigenvalue weighted by atomic mass is 32.1. The van der Waals surface area contributed by atoms with E-state index in [4.69, 9.17) is 0 Å². The van der Waals surface area contributed by atoms with Crippen molar-refractivity contribution in [2.75, 3.05) is 11.9 Å². The first-order valence-electron chi connectivity index (χ1n) is 7.16. The second-order valence-electron chi connectivity index (χ2n) is 4.64. The fourth-order valence-corrected chi connectivity index (χ4v) is 2.39. The summed E-state index contributed by atoms with van der Waals surface area (Å²) in [5, 5.41) is 14.5. The Bertz CT molecular complexity index is 652. The van der Waals surface area contributed by atoms with Crippen LogP contribution in [0.1, 0.15) is 45.4 Å². The van der Waals surface area contributed by atoms with Crippen LogP contribution in [0.4, 0.5) is 5.69 Å². The highest BCUT2D eigenvalue weighted by Crippen LogP contribution is 2.14. The molecular formula is C15H18N4O2S. The van der Waals surface area contributed by atoms with Crippen molar-refractivity contribution in [1.29, 1.82) is 0 Å². The topological polar surface area (TPSA) is 84.0 Å². The Morgan fingerprint density at radius 3 is 2.41 bits per heavy atom. The summed E-state index contributed by atoms with van der Waals surface area (Å²) in [6, 6.07) is 6.75. The first-order valence-corrected chi connectivity index (χ1v) is 7.97. The van der Waals surface area contributed by atoms with Crippen molar-refractivity contribution in [3.8, 4) is 0 Å². The quantitative estimate of drug-likeness (QED) is 0.857. The van der Waals surface area contributed by atoms with Gasteiger partial charge in [-0.3, -0.25) is 9.59 Å². The molecule has 2 aromatic rings. The molecule has 0 radical (unpaired) electrons. The third kappa shape index (κ3) is 4.11. The number of nitrogens with one attached hydrogen (secondary N) is 2. The molecule has 0 atom stereocenters. The van der Waals surface area contributed by atoms with Crippen molar-refractivity contribution >= 4 is 28.8 Å². The van der Waals surface area contributed by atoms with Crippen LogP contribution in [0.2, 0.25) is 0 Å². The molecule has 2 amide bonds. The predicted molar refractivity (Wildman–Crippen MR) is 86.3 cm³/mol. The third-order valence-corrected chi connectivity index (χ3v) is 3.97. The lowest BCUT2D eigenvalue weighted by atomic mass is 10.2. The molecule has 2 rings (SSSR count). The van der Waals surface area contributed by atoms with Crippen LogP contribution in [0.25, 0.3) is 0 Å². The van der Waals surface area contributed by atoms with Gasteiger partial charge >= 0.3 is 0 Å². The van der Waals surface area contributed by atoms with Crippen molar-refractivity contribution in [2.45, 2.75) is 26.7 Å². The Morgan fingerprint density at radius 2 is 1.82 bits per heavy atom. The molecule has 0 bridgehead atoms. The van der Waals surface area contributed by atoms with Gasteiger partial charge in [0.15, 0.2) is 0 Å². The van der Waals surface area contributed by atoms with Gasteiger partial charge in [-0.15, -0.1) is 10.2 Å². The molecule has 0 aliphatic heterocycles. The maximum atomic E-state index is 12.0. The van der Waals surface area contributed by atoms with Crippen molar-refractivity contribution in [1.82, 2.24) is 15.5 Å². The minimum Gasteiger partial charge on any atom is -0.352 e. The van der Waals surface area contributed by atoms with E-state index in [1.54, 1.807) is 24.3 Å². The molecule has 0 aliphatic carbocycles. The summed E-state index contributed by atoms with van der Waals surface area (Å²) in [6.07, 6.45) is 1.65. The summed E-state index contributed by atoms with van der Waals surface area (Å²) in [6.45, 7) is 4.61. The van der Waals surface area contributed by atoms with E-state index in [-0.39, 0.29) is 11.8 Å². The molecular weight excluding hydrogens is 300 g/mol.